The fraction of sp³-hybridized carbons (Fsp3) is 0.333. The van der Waals surface area contributed by atoms with Gasteiger partial charge >= 0.3 is 185 Å². The Hall–Kier alpha value is -0.673. The van der Waals surface area contributed by atoms with E-state index in [4.69, 9.17) is 0 Å². The van der Waals surface area contributed by atoms with Gasteiger partial charge in [-0.25, -0.2) is 0 Å². The smallest absolute Gasteiger partial charge is 1.00 e. The first-order valence-electron chi connectivity index (χ1n) is 10.8. The van der Waals surface area contributed by atoms with Crippen molar-refractivity contribution in [2.24, 2.45) is 5.92 Å². The van der Waals surface area contributed by atoms with E-state index in [0.717, 1.165) is 3.67 Å². The van der Waals surface area contributed by atoms with Gasteiger partial charge in [0, 0.05) is 0 Å². The third-order valence-corrected chi connectivity index (χ3v) is 34.2. The van der Waals surface area contributed by atoms with E-state index < -0.39 is 20.1 Å². The molecule has 0 aliphatic heterocycles. The molecule has 31 heavy (non-hydrogen) atoms. The summed E-state index contributed by atoms with van der Waals surface area (Å²) in [5, 5.41) is 0. The molecule has 0 amide bonds. The molecule has 2 aliphatic carbocycles. The van der Waals surface area contributed by atoms with Crippen molar-refractivity contribution in [2.75, 3.05) is 0 Å². The summed E-state index contributed by atoms with van der Waals surface area (Å²) in [6.07, 6.45) is 2.53. The second-order valence-corrected chi connectivity index (χ2v) is 33.1. The average Bonchev–Trinajstić information content (AvgIpc) is 3.13. The Kier molecular flexibility index (Phi) is 9.01. The summed E-state index contributed by atoms with van der Waals surface area (Å²) in [5.74, 6) is 0.672. The van der Waals surface area contributed by atoms with E-state index in [0.29, 0.717) is 5.92 Å². The maximum atomic E-state index is 2.61. The number of halogens is 2. The third kappa shape index (κ3) is 4.56. The molecule has 0 N–H and O–H groups in total. The van der Waals surface area contributed by atoms with Crippen LogP contribution in [0.2, 0.25) is 13.1 Å². The molecular weight excluding hydrogens is 602 g/mol. The molecule has 2 aliphatic rings. The Morgan fingerprint density at radius 2 is 1.45 bits per heavy atom. The van der Waals surface area contributed by atoms with Crippen LogP contribution in [0.1, 0.15) is 49.4 Å². The molecule has 162 valence electrons. The average molecular weight is 634 g/mol. The number of allylic oxidation sites excluding steroid dienone is 5. The minimum Gasteiger partial charge on any atom is -1.00 e. The molecular formula is C27H32Cl2HfSi. The Balaban J connectivity index is 0.00000171. The van der Waals surface area contributed by atoms with Crippen LogP contribution in [-0.4, -0.2) is 5.49 Å². The number of rotatable bonds is 3. The van der Waals surface area contributed by atoms with E-state index in [-0.39, 0.29) is 30.3 Å². The van der Waals surface area contributed by atoms with E-state index in [1.807, 2.05) is 3.33 Å². The van der Waals surface area contributed by atoms with Crippen molar-refractivity contribution in [3.05, 3.63) is 85.3 Å². The third-order valence-electron chi connectivity index (χ3n) is 7.12. The van der Waals surface area contributed by atoms with Crippen LogP contribution < -0.4 is 24.8 Å². The van der Waals surface area contributed by atoms with Gasteiger partial charge in [0.15, 0.2) is 0 Å². The number of hydrogen-bond acceptors (Lipinski definition) is 0. The summed E-state index contributed by atoms with van der Waals surface area (Å²) in [6.45, 7) is 17.3. The molecule has 0 saturated carbocycles. The number of fused-ring (bicyclic) bond motifs is 1. The van der Waals surface area contributed by atoms with Crippen molar-refractivity contribution >= 4 is 11.6 Å². The standard InChI is InChI=1S/C16H13.C9H13.C2H6Si.2ClH.Hf/c1-12-10-14-8-5-9-15(16(14)11-12)13-6-3-2-4-7-13;1-6-5-7(2)9(4)8(6)3;1-3-2;;;/h2-11H,1H3;6H,1-4H3;1-2H3;2*1H;/q;;;;;+2/p-2. The minimum atomic E-state index is -2.10. The van der Waals surface area contributed by atoms with Gasteiger partial charge in [-0.3, -0.25) is 0 Å². The van der Waals surface area contributed by atoms with Gasteiger partial charge in [0.25, 0.3) is 0 Å². The van der Waals surface area contributed by atoms with Crippen LogP contribution in [0.4, 0.5) is 0 Å². The predicted molar refractivity (Wildman–Crippen MR) is 126 cm³/mol. The molecule has 0 radical (unpaired) electrons. The Morgan fingerprint density at radius 3 is 2.00 bits per heavy atom. The molecule has 0 bridgehead atoms. The molecule has 0 spiro atoms. The largest absolute Gasteiger partial charge is 1.00 e. The van der Waals surface area contributed by atoms with Gasteiger partial charge in [-0.15, -0.1) is 0 Å². The summed E-state index contributed by atoms with van der Waals surface area (Å²) in [5.41, 5.74) is 12.1. The van der Waals surface area contributed by atoms with E-state index >= 15 is 0 Å². The van der Waals surface area contributed by atoms with E-state index in [1.165, 1.54) is 16.7 Å². The fourth-order valence-corrected chi connectivity index (χ4v) is 34.6. The Morgan fingerprint density at radius 1 is 0.806 bits per heavy atom. The van der Waals surface area contributed by atoms with E-state index in [2.05, 4.69) is 102 Å². The van der Waals surface area contributed by atoms with Crippen molar-refractivity contribution in [3.8, 4) is 11.1 Å². The Bertz CT molecular complexity index is 1120. The van der Waals surface area contributed by atoms with E-state index in [1.54, 1.807) is 27.9 Å². The molecule has 2 aromatic rings. The second kappa shape index (κ2) is 10.5. The first kappa shape index (κ1) is 26.6. The van der Waals surface area contributed by atoms with Gasteiger partial charge in [0.2, 0.25) is 0 Å². The minimum absolute atomic E-state index is 0. The molecule has 0 saturated heterocycles. The summed E-state index contributed by atoms with van der Waals surface area (Å²) >= 11 is -2.10. The van der Waals surface area contributed by atoms with Crippen molar-refractivity contribution in [1.82, 2.24) is 0 Å². The summed E-state index contributed by atoms with van der Waals surface area (Å²) in [4.78, 5) is 0. The van der Waals surface area contributed by atoms with Gasteiger partial charge in [0.05, 0.1) is 0 Å². The van der Waals surface area contributed by atoms with Crippen molar-refractivity contribution in [2.45, 2.75) is 51.4 Å². The van der Waals surface area contributed by atoms with Gasteiger partial charge < -0.3 is 24.8 Å². The zero-order chi connectivity index (χ0) is 20.9. The first-order valence-corrected chi connectivity index (χ1v) is 22.5. The fourth-order valence-electron chi connectivity index (χ4n) is 5.32. The molecule has 4 heteroatoms. The van der Waals surface area contributed by atoms with Gasteiger partial charge in [-0.05, 0) is 0 Å². The van der Waals surface area contributed by atoms with Crippen LogP contribution in [0.15, 0.2) is 74.2 Å². The second-order valence-electron chi connectivity index (χ2n) is 8.98. The molecule has 4 rings (SSSR count). The summed E-state index contributed by atoms with van der Waals surface area (Å²) < 4.78 is 2.66. The molecule has 2 atom stereocenters. The monoisotopic (exact) mass is 634 g/mol. The summed E-state index contributed by atoms with van der Waals surface area (Å²) in [7, 11) is 0. The topological polar surface area (TPSA) is 0 Å². The molecule has 0 heterocycles. The molecule has 0 nitrogen and oxygen atoms in total. The molecule has 0 fully saturated rings. The van der Waals surface area contributed by atoms with Gasteiger partial charge in [-0.2, -0.15) is 0 Å². The van der Waals surface area contributed by atoms with Crippen LogP contribution in [0.3, 0.4) is 0 Å². The number of benzene rings is 2. The van der Waals surface area contributed by atoms with Crippen molar-refractivity contribution in [1.29, 1.82) is 0 Å². The zero-order valence-electron chi connectivity index (χ0n) is 19.6. The van der Waals surface area contributed by atoms with Crippen LogP contribution in [0.5, 0.6) is 0 Å². The zero-order valence-corrected chi connectivity index (χ0v) is 25.7. The normalized spacial score (nSPS) is 19.2. The van der Waals surface area contributed by atoms with Crippen molar-refractivity contribution in [3.63, 3.8) is 0 Å². The van der Waals surface area contributed by atoms with Crippen molar-refractivity contribution < 1.29 is 44.9 Å². The SMILES string of the molecule is CC1=Cc2c(-c3ccccc3)cccc2[CH]1[Hf+2]([C]1=C(C)C(C)=C(C)C1C)=[Si](C)C.[Cl-].[Cl-]. The molecule has 2 aromatic carbocycles. The molecule has 0 aromatic heterocycles. The maximum absolute atomic E-state index is 2.61. The summed E-state index contributed by atoms with van der Waals surface area (Å²) in [6, 6.07) is 18.0. The molecule has 2 unspecified atom stereocenters. The number of hydrogen-bond donors (Lipinski definition) is 0. The van der Waals surface area contributed by atoms with Gasteiger partial charge in [-0.1, -0.05) is 0 Å². The van der Waals surface area contributed by atoms with Crippen LogP contribution in [0.25, 0.3) is 17.2 Å². The predicted octanol–water partition coefficient (Wildman–Crippen LogP) is 1.95. The van der Waals surface area contributed by atoms with Gasteiger partial charge in [0.1, 0.15) is 0 Å². The van der Waals surface area contributed by atoms with Crippen LogP contribution in [-0.2, 0) is 20.1 Å². The Labute approximate surface area is 208 Å². The van der Waals surface area contributed by atoms with Crippen LogP contribution in [0, 0.1) is 5.92 Å². The van der Waals surface area contributed by atoms with E-state index in [9.17, 15) is 0 Å². The maximum Gasteiger partial charge on any atom is -1.00 e. The first-order chi connectivity index (χ1) is 13.8. The van der Waals surface area contributed by atoms with Crippen LogP contribution >= 0.6 is 0 Å². The quantitative estimate of drug-likeness (QED) is 0.454.